The van der Waals surface area contributed by atoms with Crippen molar-refractivity contribution in [2.75, 3.05) is 18.1 Å². The van der Waals surface area contributed by atoms with E-state index >= 15 is 0 Å². The van der Waals surface area contributed by atoms with Crippen molar-refractivity contribution in [2.45, 2.75) is 45.1 Å². The highest BCUT2D eigenvalue weighted by atomic mass is 16.3. The highest BCUT2D eigenvalue weighted by Crippen LogP contribution is 2.25. The average molecular weight is 251 g/mol. The molecule has 1 aliphatic carbocycles. The zero-order chi connectivity index (χ0) is 13.0. The van der Waals surface area contributed by atoms with Crippen LogP contribution in [0.15, 0.2) is 10.9 Å². The number of hydrogen-bond acceptors (Lipinski definition) is 4. The maximum atomic E-state index is 11.5. The van der Waals surface area contributed by atoms with Crippen LogP contribution in [0.5, 0.6) is 0 Å². The Balaban J connectivity index is 2.24. The maximum Gasteiger partial charge on any atom is 0.252 e. The Bertz CT molecular complexity index is 438. The SMILES string of the molecule is Cc1nc(N(CCO)C2CCCCC2)cc(=O)[nH]1. The van der Waals surface area contributed by atoms with E-state index in [9.17, 15) is 9.90 Å². The molecule has 0 bridgehead atoms. The monoisotopic (exact) mass is 251 g/mol. The van der Waals surface area contributed by atoms with Gasteiger partial charge in [0.1, 0.15) is 11.6 Å². The van der Waals surface area contributed by atoms with Crippen LogP contribution in [-0.4, -0.2) is 34.3 Å². The smallest absolute Gasteiger partial charge is 0.252 e. The minimum Gasteiger partial charge on any atom is -0.395 e. The third kappa shape index (κ3) is 3.10. The molecule has 1 aliphatic rings. The van der Waals surface area contributed by atoms with Gasteiger partial charge in [-0.05, 0) is 19.8 Å². The van der Waals surface area contributed by atoms with Gasteiger partial charge in [0.05, 0.1) is 6.61 Å². The number of H-pyrrole nitrogens is 1. The maximum absolute atomic E-state index is 11.5. The lowest BCUT2D eigenvalue weighted by atomic mass is 9.94. The number of aliphatic hydroxyl groups is 1. The standard InChI is InChI=1S/C13H21N3O2/c1-10-14-12(9-13(18)15-10)16(7-8-17)11-5-3-2-4-6-11/h9,11,17H,2-8H2,1H3,(H,14,15,18). The average Bonchev–Trinajstić information content (AvgIpc) is 2.36. The zero-order valence-corrected chi connectivity index (χ0v) is 10.9. The van der Waals surface area contributed by atoms with Crippen LogP contribution in [-0.2, 0) is 0 Å². The predicted octanol–water partition coefficient (Wildman–Crippen LogP) is 1.21. The first-order valence-electron chi connectivity index (χ1n) is 6.66. The summed E-state index contributed by atoms with van der Waals surface area (Å²) in [7, 11) is 0. The van der Waals surface area contributed by atoms with Crippen LogP contribution >= 0.6 is 0 Å². The Morgan fingerprint density at radius 2 is 2.17 bits per heavy atom. The van der Waals surface area contributed by atoms with Crippen molar-refractivity contribution in [2.24, 2.45) is 0 Å². The number of nitrogens with zero attached hydrogens (tertiary/aromatic N) is 2. The van der Waals surface area contributed by atoms with Gasteiger partial charge < -0.3 is 15.0 Å². The molecule has 1 fully saturated rings. The highest BCUT2D eigenvalue weighted by molar-refractivity contribution is 5.39. The Morgan fingerprint density at radius 3 is 2.78 bits per heavy atom. The number of aromatic amines is 1. The summed E-state index contributed by atoms with van der Waals surface area (Å²) in [6.45, 7) is 2.41. The van der Waals surface area contributed by atoms with Gasteiger partial charge in [0.2, 0.25) is 0 Å². The van der Waals surface area contributed by atoms with Gasteiger partial charge in [-0.2, -0.15) is 0 Å². The summed E-state index contributed by atoms with van der Waals surface area (Å²) in [5.41, 5.74) is -0.128. The van der Waals surface area contributed by atoms with Crippen molar-refractivity contribution < 1.29 is 5.11 Å². The first-order chi connectivity index (χ1) is 8.70. The number of hydrogen-bond donors (Lipinski definition) is 2. The minimum absolute atomic E-state index is 0.0873. The van der Waals surface area contributed by atoms with E-state index in [4.69, 9.17) is 0 Å². The second-order valence-electron chi connectivity index (χ2n) is 4.90. The van der Waals surface area contributed by atoms with E-state index in [0.29, 0.717) is 24.2 Å². The molecule has 0 saturated heterocycles. The fourth-order valence-corrected chi connectivity index (χ4v) is 2.70. The van der Waals surface area contributed by atoms with Gasteiger partial charge in [0.25, 0.3) is 5.56 Å². The van der Waals surface area contributed by atoms with Crippen LogP contribution in [0.3, 0.4) is 0 Å². The molecule has 0 atom stereocenters. The second kappa shape index (κ2) is 6.00. The van der Waals surface area contributed by atoms with Gasteiger partial charge in [0.15, 0.2) is 0 Å². The van der Waals surface area contributed by atoms with Crippen molar-refractivity contribution in [1.29, 1.82) is 0 Å². The number of anilines is 1. The van der Waals surface area contributed by atoms with Gasteiger partial charge in [-0.15, -0.1) is 0 Å². The van der Waals surface area contributed by atoms with Gasteiger partial charge in [-0.1, -0.05) is 19.3 Å². The molecule has 1 aromatic heterocycles. The van der Waals surface area contributed by atoms with Crippen LogP contribution in [0.2, 0.25) is 0 Å². The number of rotatable bonds is 4. The van der Waals surface area contributed by atoms with Crippen LogP contribution in [0.1, 0.15) is 37.9 Å². The zero-order valence-electron chi connectivity index (χ0n) is 10.9. The fourth-order valence-electron chi connectivity index (χ4n) is 2.70. The number of aryl methyl sites for hydroxylation is 1. The molecule has 1 heterocycles. The minimum atomic E-state index is -0.128. The molecule has 100 valence electrons. The third-order valence-corrected chi connectivity index (χ3v) is 3.50. The molecule has 0 radical (unpaired) electrons. The lowest BCUT2D eigenvalue weighted by Crippen LogP contribution is -2.40. The number of aromatic nitrogens is 2. The third-order valence-electron chi connectivity index (χ3n) is 3.50. The molecule has 0 spiro atoms. The number of nitrogens with one attached hydrogen (secondary N) is 1. The van der Waals surface area contributed by atoms with Crippen molar-refractivity contribution in [1.82, 2.24) is 9.97 Å². The molecule has 2 N–H and O–H groups in total. The molecule has 0 aliphatic heterocycles. The quantitative estimate of drug-likeness (QED) is 0.844. The summed E-state index contributed by atoms with van der Waals surface area (Å²) in [5.74, 6) is 1.31. The van der Waals surface area contributed by atoms with Crippen LogP contribution in [0, 0.1) is 6.92 Å². The molecule has 1 saturated carbocycles. The first kappa shape index (κ1) is 13.1. The van der Waals surface area contributed by atoms with E-state index in [2.05, 4.69) is 14.9 Å². The van der Waals surface area contributed by atoms with Crippen LogP contribution < -0.4 is 10.5 Å². The lowest BCUT2D eigenvalue weighted by Gasteiger charge is -2.34. The first-order valence-corrected chi connectivity index (χ1v) is 6.66. The Labute approximate surface area is 107 Å². The summed E-state index contributed by atoms with van der Waals surface area (Å²) in [5, 5.41) is 9.21. The van der Waals surface area contributed by atoms with Gasteiger partial charge >= 0.3 is 0 Å². The molecule has 5 heteroatoms. The van der Waals surface area contributed by atoms with Crippen LogP contribution in [0.4, 0.5) is 5.82 Å². The summed E-state index contributed by atoms with van der Waals surface area (Å²) < 4.78 is 0. The summed E-state index contributed by atoms with van der Waals surface area (Å²) >= 11 is 0. The summed E-state index contributed by atoms with van der Waals surface area (Å²) in [4.78, 5) is 20.6. The Hall–Kier alpha value is -1.36. The largest absolute Gasteiger partial charge is 0.395 e. The van der Waals surface area contributed by atoms with Crippen LogP contribution in [0.25, 0.3) is 0 Å². The molecule has 2 rings (SSSR count). The van der Waals surface area contributed by atoms with Crippen molar-refractivity contribution in [3.05, 3.63) is 22.2 Å². The molecule has 18 heavy (non-hydrogen) atoms. The molecule has 0 aromatic carbocycles. The molecule has 1 aromatic rings. The van der Waals surface area contributed by atoms with Gasteiger partial charge in [-0.3, -0.25) is 4.79 Å². The van der Waals surface area contributed by atoms with E-state index in [1.807, 2.05) is 0 Å². The van der Waals surface area contributed by atoms with Gasteiger partial charge in [0, 0.05) is 18.7 Å². The number of aliphatic hydroxyl groups excluding tert-OH is 1. The van der Waals surface area contributed by atoms with Gasteiger partial charge in [-0.25, -0.2) is 4.98 Å². The Morgan fingerprint density at radius 1 is 1.44 bits per heavy atom. The second-order valence-corrected chi connectivity index (χ2v) is 4.90. The van der Waals surface area contributed by atoms with Crippen molar-refractivity contribution >= 4 is 5.82 Å². The molecule has 5 nitrogen and oxygen atoms in total. The fraction of sp³-hybridized carbons (Fsp3) is 0.692. The molecule has 0 unspecified atom stereocenters. The van der Waals surface area contributed by atoms with E-state index in [1.165, 1.54) is 25.3 Å². The molecular weight excluding hydrogens is 230 g/mol. The predicted molar refractivity (Wildman–Crippen MR) is 70.9 cm³/mol. The highest BCUT2D eigenvalue weighted by Gasteiger charge is 2.22. The van der Waals surface area contributed by atoms with E-state index < -0.39 is 0 Å². The molecular formula is C13H21N3O2. The summed E-state index contributed by atoms with van der Waals surface area (Å²) in [6, 6.07) is 1.93. The normalized spacial score (nSPS) is 16.8. The Kier molecular flexibility index (Phi) is 4.36. The lowest BCUT2D eigenvalue weighted by molar-refractivity contribution is 0.289. The summed E-state index contributed by atoms with van der Waals surface area (Å²) in [6.07, 6.45) is 5.95. The topological polar surface area (TPSA) is 69.2 Å². The van der Waals surface area contributed by atoms with E-state index in [1.54, 1.807) is 6.92 Å². The van der Waals surface area contributed by atoms with Crippen molar-refractivity contribution in [3.63, 3.8) is 0 Å². The van der Waals surface area contributed by atoms with E-state index in [-0.39, 0.29) is 12.2 Å². The molecule has 0 amide bonds. The van der Waals surface area contributed by atoms with E-state index in [0.717, 1.165) is 12.8 Å². The van der Waals surface area contributed by atoms with Crippen molar-refractivity contribution in [3.8, 4) is 0 Å².